The number of urea groups is 1. The number of hydrogen-bond acceptors (Lipinski definition) is 4. The number of carbonyl (C=O) groups is 2. The number of halogens is 1. The van der Waals surface area contributed by atoms with Crippen molar-refractivity contribution in [2.75, 3.05) is 24.8 Å². The van der Waals surface area contributed by atoms with Gasteiger partial charge in [0.2, 0.25) is 0 Å². The summed E-state index contributed by atoms with van der Waals surface area (Å²) >= 11 is 5.91. The maximum atomic E-state index is 12.1. The second-order valence-electron chi connectivity index (χ2n) is 4.59. The number of amides is 3. The molecule has 8 heteroatoms. The lowest BCUT2D eigenvalue weighted by molar-refractivity contribution is 0.203. The summed E-state index contributed by atoms with van der Waals surface area (Å²) in [6.07, 6.45) is -0.568. The van der Waals surface area contributed by atoms with E-state index in [1.807, 2.05) is 0 Å². The van der Waals surface area contributed by atoms with Crippen LogP contribution in [0.2, 0.25) is 5.02 Å². The van der Waals surface area contributed by atoms with Crippen LogP contribution in [-0.4, -0.2) is 26.3 Å². The zero-order valence-electron chi connectivity index (χ0n) is 13.1. The minimum Gasteiger partial charge on any atom is -0.495 e. The van der Waals surface area contributed by atoms with Gasteiger partial charge in [0, 0.05) is 17.8 Å². The summed E-state index contributed by atoms with van der Waals surface area (Å²) in [5.41, 5.74) is 0.972. The number of anilines is 2. The van der Waals surface area contributed by atoms with Gasteiger partial charge in [-0.1, -0.05) is 11.6 Å². The van der Waals surface area contributed by atoms with Gasteiger partial charge in [0.1, 0.15) is 11.5 Å². The van der Waals surface area contributed by atoms with E-state index in [0.29, 0.717) is 27.9 Å². The molecule has 0 saturated heterocycles. The number of hydrogen-bond donors (Lipinski definition) is 3. The maximum Gasteiger partial charge on any atom is 0.412 e. The molecule has 2 aromatic carbocycles. The van der Waals surface area contributed by atoms with Crippen LogP contribution in [-0.2, 0) is 0 Å². The summed E-state index contributed by atoms with van der Waals surface area (Å²) in [6.45, 7) is 0. The highest BCUT2D eigenvalue weighted by molar-refractivity contribution is 6.31. The molecule has 7 nitrogen and oxygen atoms in total. The highest BCUT2D eigenvalue weighted by atomic mass is 35.5. The third-order valence-electron chi connectivity index (χ3n) is 2.94. The topological polar surface area (TPSA) is 88.7 Å². The Kier molecular flexibility index (Phi) is 5.86. The summed E-state index contributed by atoms with van der Waals surface area (Å²) in [5.74, 6) is 0.848. The monoisotopic (exact) mass is 349 g/mol. The highest BCUT2D eigenvalue weighted by Gasteiger charge is 2.09. The zero-order chi connectivity index (χ0) is 17.5. The molecule has 2 rings (SSSR count). The molecule has 3 N–H and O–H groups in total. The van der Waals surface area contributed by atoms with Crippen molar-refractivity contribution in [3.63, 3.8) is 0 Å². The van der Waals surface area contributed by atoms with E-state index in [0.717, 1.165) is 0 Å². The number of benzene rings is 2. The van der Waals surface area contributed by atoms with E-state index in [9.17, 15) is 9.59 Å². The third-order valence-corrected chi connectivity index (χ3v) is 3.17. The maximum absolute atomic E-state index is 12.1. The summed E-state index contributed by atoms with van der Waals surface area (Å²) in [4.78, 5) is 23.2. The number of ether oxygens (including phenoxy) is 2. The van der Waals surface area contributed by atoms with Crippen LogP contribution in [0.4, 0.5) is 21.0 Å². The fourth-order valence-corrected chi connectivity index (χ4v) is 2.00. The molecule has 0 aromatic heterocycles. The molecule has 2 aromatic rings. The van der Waals surface area contributed by atoms with Gasteiger partial charge in [0.25, 0.3) is 0 Å². The SMILES string of the molecule is CNC(=O)Oc1ccc(NC(=O)Nc2cc(Cl)ccc2OC)cc1. The number of rotatable bonds is 4. The lowest BCUT2D eigenvalue weighted by Gasteiger charge is -2.12. The quantitative estimate of drug-likeness (QED) is 0.785. The van der Waals surface area contributed by atoms with Crippen LogP contribution in [0.25, 0.3) is 0 Å². The molecule has 0 aliphatic heterocycles. The molecule has 3 amide bonds. The first kappa shape index (κ1) is 17.4. The molecule has 0 aliphatic rings. The van der Waals surface area contributed by atoms with Gasteiger partial charge in [-0.05, 0) is 42.5 Å². The lowest BCUT2D eigenvalue weighted by Crippen LogP contribution is -2.22. The number of carbonyl (C=O) groups excluding carboxylic acids is 2. The standard InChI is InChI=1S/C16H16ClN3O4/c1-18-16(22)24-12-6-4-11(5-7-12)19-15(21)20-13-9-10(17)3-8-14(13)23-2/h3-9H,1-2H3,(H,18,22)(H2,19,20,21). The van der Waals surface area contributed by atoms with E-state index in [4.69, 9.17) is 21.1 Å². The highest BCUT2D eigenvalue weighted by Crippen LogP contribution is 2.27. The van der Waals surface area contributed by atoms with Gasteiger partial charge in [0.05, 0.1) is 12.8 Å². The first-order chi connectivity index (χ1) is 11.5. The molecule has 0 unspecified atom stereocenters. The predicted octanol–water partition coefficient (Wildman–Crippen LogP) is 3.71. The summed E-state index contributed by atoms with van der Waals surface area (Å²) in [5, 5.41) is 8.12. The van der Waals surface area contributed by atoms with E-state index >= 15 is 0 Å². The van der Waals surface area contributed by atoms with Gasteiger partial charge < -0.3 is 25.4 Å². The molecular weight excluding hydrogens is 334 g/mol. The second kappa shape index (κ2) is 8.07. The Balaban J connectivity index is 2.00. The fourth-order valence-electron chi connectivity index (χ4n) is 1.83. The van der Waals surface area contributed by atoms with Gasteiger partial charge in [0.15, 0.2) is 0 Å². The molecule has 0 spiro atoms. The van der Waals surface area contributed by atoms with Crippen molar-refractivity contribution in [1.82, 2.24) is 5.32 Å². The molecule has 0 atom stereocenters. The molecule has 24 heavy (non-hydrogen) atoms. The molecule has 0 fully saturated rings. The largest absolute Gasteiger partial charge is 0.495 e. The van der Waals surface area contributed by atoms with E-state index < -0.39 is 12.1 Å². The van der Waals surface area contributed by atoms with Crippen molar-refractivity contribution in [1.29, 1.82) is 0 Å². The average Bonchev–Trinajstić information content (AvgIpc) is 2.56. The van der Waals surface area contributed by atoms with E-state index in [2.05, 4.69) is 16.0 Å². The van der Waals surface area contributed by atoms with Gasteiger partial charge in [-0.3, -0.25) is 0 Å². The summed E-state index contributed by atoms with van der Waals surface area (Å²) in [6, 6.07) is 10.8. The number of methoxy groups -OCH3 is 1. The molecule has 0 bridgehead atoms. The first-order valence-electron chi connectivity index (χ1n) is 6.93. The van der Waals surface area contributed by atoms with Gasteiger partial charge >= 0.3 is 12.1 Å². The summed E-state index contributed by atoms with van der Waals surface area (Å²) < 4.78 is 10.1. The van der Waals surface area contributed by atoms with Crippen LogP contribution >= 0.6 is 11.6 Å². The molecule has 0 saturated carbocycles. The molecule has 0 aliphatic carbocycles. The smallest absolute Gasteiger partial charge is 0.412 e. The normalized spacial score (nSPS) is 9.79. The lowest BCUT2D eigenvalue weighted by atomic mass is 10.3. The van der Waals surface area contributed by atoms with Gasteiger partial charge in [-0.2, -0.15) is 0 Å². The fraction of sp³-hybridized carbons (Fsp3) is 0.125. The van der Waals surface area contributed by atoms with Crippen LogP contribution in [0.3, 0.4) is 0 Å². The Bertz CT molecular complexity index is 735. The van der Waals surface area contributed by atoms with Crippen molar-refractivity contribution < 1.29 is 19.1 Å². The Labute approximate surface area is 143 Å². The van der Waals surface area contributed by atoms with Crippen molar-refractivity contribution >= 4 is 35.1 Å². The van der Waals surface area contributed by atoms with Crippen LogP contribution in [0.1, 0.15) is 0 Å². The predicted molar refractivity (Wildman–Crippen MR) is 92.2 cm³/mol. The van der Waals surface area contributed by atoms with E-state index in [1.54, 1.807) is 42.5 Å². The van der Waals surface area contributed by atoms with Crippen LogP contribution in [0, 0.1) is 0 Å². The van der Waals surface area contributed by atoms with Crippen LogP contribution in [0.5, 0.6) is 11.5 Å². The second-order valence-corrected chi connectivity index (χ2v) is 5.02. The molecule has 0 heterocycles. The third kappa shape index (κ3) is 4.79. The minimum absolute atomic E-state index is 0.358. The van der Waals surface area contributed by atoms with Gasteiger partial charge in [-0.25, -0.2) is 9.59 Å². The van der Waals surface area contributed by atoms with Crippen molar-refractivity contribution in [2.24, 2.45) is 0 Å². The van der Waals surface area contributed by atoms with E-state index in [1.165, 1.54) is 14.2 Å². The molecule has 126 valence electrons. The Morgan fingerprint density at radius 3 is 2.38 bits per heavy atom. The Hall–Kier alpha value is -2.93. The zero-order valence-corrected chi connectivity index (χ0v) is 13.8. The minimum atomic E-state index is -0.568. The average molecular weight is 350 g/mol. The molecular formula is C16H16ClN3O4. The van der Waals surface area contributed by atoms with E-state index in [-0.39, 0.29) is 0 Å². The van der Waals surface area contributed by atoms with Crippen LogP contribution in [0.15, 0.2) is 42.5 Å². The Morgan fingerprint density at radius 2 is 1.75 bits per heavy atom. The molecule has 0 radical (unpaired) electrons. The van der Waals surface area contributed by atoms with Crippen molar-refractivity contribution in [2.45, 2.75) is 0 Å². The van der Waals surface area contributed by atoms with Crippen molar-refractivity contribution in [3.8, 4) is 11.5 Å². The van der Waals surface area contributed by atoms with Crippen LogP contribution < -0.4 is 25.4 Å². The number of nitrogens with one attached hydrogen (secondary N) is 3. The first-order valence-corrected chi connectivity index (χ1v) is 7.31. The van der Waals surface area contributed by atoms with Gasteiger partial charge in [-0.15, -0.1) is 0 Å². The summed E-state index contributed by atoms with van der Waals surface area (Å²) in [7, 11) is 2.96. The Morgan fingerprint density at radius 1 is 1.04 bits per heavy atom. The van der Waals surface area contributed by atoms with Crippen molar-refractivity contribution in [3.05, 3.63) is 47.5 Å².